The van der Waals surface area contributed by atoms with Gasteiger partial charge in [0.1, 0.15) is 19.8 Å². The van der Waals surface area contributed by atoms with Crippen molar-refractivity contribution in [2.75, 3.05) is 47.5 Å². The van der Waals surface area contributed by atoms with Gasteiger partial charge in [0.2, 0.25) is 0 Å². The van der Waals surface area contributed by atoms with Crippen molar-refractivity contribution in [3.63, 3.8) is 0 Å². The molecular formula is C10H22NO5PS. The maximum absolute atomic E-state index is 11.3. The second-order valence-electron chi connectivity index (χ2n) is 4.76. The number of likely N-dealkylation sites (N-methyl/N-ethyl adjacent to an activating group) is 1. The van der Waals surface area contributed by atoms with E-state index < -0.39 is 7.82 Å². The molecule has 0 aliphatic heterocycles. The highest BCUT2D eigenvalue weighted by Gasteiger charge is 2.12. The van der Waals surface area contributed by atoms with E-state index in [0.717, 1.165) is 0 Å². The van der Waals surface area contributed by atoms with Crippen molar-refractivity contribution in [2.24, 2.45) is 0 Å². The SMILES string of the molecule is CC(S)=COCCOP(=O)([O-])OCC[N+](C)(C)C. The fourth-order valence-corrected chi connectivity index (χ4v) is 1.59. The standard InChI is InChI=1S/C10H22NO5PS/c1-10(18)9-14-7-8-16-17(12,13)15-6-5-11(2,3)4/h9H,5-8H2,1-4H3,(H-,12,13,18). The highest BCUT2D eigenvalue weighted by Crippen LogP contribution is 2.37. The Balaban J connectivity index is 3.74. The van der Waals surface area contributed by atoms with Crippen LogP contribution in [0.2, 0.25) is 0 Å². The van der Waals surface area contributed by atoms with Gasteiger partial charge in [0.15, 0.2) is 0 Å². The van der Waals surface area contributed by atoms with Gasteiger partial charge in [0, 0.05) is 4.91 Å². The summed E-state index contributed by atoms with van der Waals surface area (Å²) in [5.74, 6) is 0. The lowest BCUT2D eigenvalue weighted by atomic mass is 10.5. The third-order valence-corrected chi connectivity index (χ3v) is 2.82. The number of thiol groups is 1. The van der Waals surface area contributed by atoms with Gasteiger partial charge < -0.3 is 23.2 Å². The number of nitrogens with zero attached hydrogens (tertiary/aromatic N) is 1. The molecule has 1 atom stereocenters. The molecule has 0 fully saturated rings. The van der Waals surface area contributed by atoms with Crippen LogP contribution in [0.3, 0.4) is 0 Å². The molecule has 0 N–H and O–H groups in total. The van der Waals surface area contributed by atoms with E-state index in [1.54, 1.807) is 6.92 Å². The van der Waals surface area contributed by atoms with E-state index in [2.05, 4.69) is 17.2 Å². The number of phosphoric ester groups is 1. The van der Waals surface area contributed by atoms with E-state index in [0.29, 0.717) is 15.9 Å². The first-order valence-electron chi connectivity index (χ1n) is 5.50. The fraction of sp³-hybridized carbons (Fsp3) is 0.800. The lowest BCUT2D eigenvalue weighted by Crippen LogP contribution is -2.37. The number of allylic oxidation sites excluding steroid dienone is 1. The maximum Gasteiger partial charge on any atom is 0.268 e. The van der Waals surface area contributed by atoms with Gasteiger partial charge in [-0.15, -0.1) is 12.6 Å². The fourth-order valence-electron chi connectivity index (χ4n) is 0.840. The van der Waals surface area contributed by atoms with Crippen LogP contribution in [0.4, 0.5) is 0 Å². The van der Waals surface area contributed by atoms with Crippen LogP contribution in [-0.4, -0.2) is 52.0 Å². The molecular weight excluding hydrogens is 277 g/mol. The van der Waals surface area contributed by atoms with Gasteiger partial charge in [-0.2, -0.15) is 0 Å². The third-order valence-electron chi connectivity index (χ3n) is 1.72. The molecule has 6 nitrogen and oxygen atoms in total. The molecule has 0 aliphatic carbocycles. The topological polar surface area (TPSA) is 67.8 Å². The average molecular weight is 299 g/mol. The summed E-state index contributed by atoms with van der Waals surface area (Å²) in [5.41, 5.74) is 0. The molecule has 0 aromatic carbocycles. The van der Waals surface area contributed by atoms with Crippen LogP contribution < -0.4 is 4.89 Å². The summed E-state index contributed by atoms with van der Waals surface area (Å²) in [7, 11) is 1.61. The Morgan fingerprint density at radius 3 is 2.33 bits per heavy atom. The van der Waals surface area contributed by atoms with Crippen LogP contribution >= 0.6 is 20.5 Å². The van der Waals surface area contributed by atoms with E-state index >= 15 is 0 Å². The molecule has 0 heterocycles. The molecule has 0 aliphatic rings. The summed E-state index contributed by atoms with van der Waals surface area (Å²) in [6.45, 7) is 2.47. The number of rotatable bonds is 9. The Kier molecular flexibility index (Phi) is 8.18. The molecule has 108 valence electrons. The molecule has 0 saturated heterocycles. The van der Waals surface area contributed by atoms with Crippen LogP contribution in [0.5, 0.6) is 0 Å². The Hall–Kier alpha value is -0.0400. The van der Waals surface area contributed by atoms with Gasteiger partial charge in [-0.05, 0) is 6.92 Å². The zero-order valence-electron chi connectivity index (χ0n) is 11.3. The van der Waals surface area contributed by atoms with Crippen LogP contribution in [0, 0.1) is 0 Å². The van der Waals surface area contributed by atoms with Gasteiger partial charge >= 0.3 is 0 Å². The van der Waals surface area contributed by atoms with Crippen molar-refractivity contribution < 1.29 is 27.7 Å². The molecule has 0 rings (SSSR count). The zero-order valence-corrected chi connectivity index (χ0v) is 13.1. The number of ether oxygens (including phenoxy) is 1. The quantitative estimate of drug-likeness (QED) is 0.226. The molecule has 0 bridgehead atoms. The number of hydrogen-bond acceptors (Lipinski definition) is 6. The summed E-state index contributed by atoms with van der Waals surface area (Å²) in [6.07, 6.45) is 1.42. The summed E-state index contributed by atoms with van der Waals surface area (Å²) in [4.78, 5) is 12.0. The second kappa shape index (κ2) is 8.19. The van der Waals surface area contributed by atoms with Crippen LogP contribution in [-0.2, 0) is 18.3 Å². The normalized spacial score (nSPS) is 16.4. The summed E-state index contributed by atoms with van der Waals surface area (Å²) in [5, 5.41) is 0. The number of hydrogen-bond donors (Lipinski definition) is 1. The molecule has 8 heteroatoms. The highest BCUT2D eigenvalue weighted by atomic mass is 32.1. The van der Waals surface area contributed by atoms with E-state index in [9.17, 15) is 9.46 Å². The lowest BCUT2D eigenvalue weighted by Gasteiger charge is -2.27. The van der Waals surface area contributed by atoms with E-state index in [-0.39, 0.29) is 19.8 Å². The predicted molar refractivity (Wildman–Crippen MR) is 71.1 cm³/mol. The van der Waals surface area contributed by atoms with Crippen molar-refractivity contribution >= 4 is 20.5 Å². The van der Waals surface area contributed by atoms with E-state index in [4.69, 9.17) is 9.26 Å². The average Bonchev–Trinajstić information content (AvgIpc) is 2.13. The van der Waals surface area contributed by atoms with Gasteiger partial charge in [0.05, 0.1) is 34.0 Å². The smallest absolute Gasteiger partial charge is 0.268 e. The minimum Gasteiger partial charge on any atom is -0.756 e. The molecule has 0 spiro atoms. The van der Waals surface area contributed by atoms with Gasteiger partial charge in [-0.3, -0.25) is 4.57 Å². The van der Waals surface area contributed by atoms with E-state index in [1.807, 2.05) is 21.1 Å². The van der Waals surface area contributed by atoms with Crippen LogP contribution in [0.15, 0.2) is 11.2 Å². The number of quaternary nitrogens is 1. The first-order valence-corrected chi connectivity index (χ1v) is 7.41. The molecule has 0 radical (unpaired) electrons. The van der Waals surface area contributed by atoms with E-state index in [1.165, 1.54) is 6.26 Å². The zero-order chi connectivity index (χ0) is 14.2. The molecule has 0 saturated carbocycles. The van der Waals surface area contributed by atoms with Crippen LogP contribution in [0.25, 0.3) is 0 Å². The second-order valence-corrected chi connectivity index (χ2v) is 6.87. The largest absolute Gasteiger partial charge is 0.756 e. The molecule has 1 unspecified atom stereocenters. The van der Waals surface area contributed by atoms with Crippen molar-refractivity contribution in [3.05, 3.63) is 11.2 Å². The van der Waals surface area contributed by atoms with Crippen molar-refractivity contribution in [3.8, 4) is 0 Å². The van der Waals surface area contributed by atoms with Gasteiger partial charge in [-0.25, -0.2) is 0 Å². The van der Waals surface area contributed by atoms with Crippen molar-refractivity contribution in [1.82, 2.24) is 0 Å². The molecule has 0 aromatic rings. The summed E-state index contributed by atoms with van der Waals surface area (Å²) >= 11 is 3.98. The highest BCUT2D eigenvalue weighted by molar-refractivity contribution is 7.84. The number of phosphoric acid groups is 1. The third kappa shape index (κ3) is 12.4. The lowest BCUT2D eigenvalue weighted by molar-refractivity contribution is -0.870. The molecule has 0 aromatic heterocycles. The Morgan fingerprint density at radius 2 is 1.83 bits per heavy atom. The van der Waals surface area contributed by atoms with Crippen LogP contribution in [0.1, 0.15) is 6.92 Å². The Bertz CT molecular complexity index is 312. The van der Waals surface area contributed by atoms with Crippen molar-refractivity contribution in [1.29, 1.82) is 0 Å². The minimum atomic E-state index is -4.22. The van der Waals surface area contributed by atoms with Gasteiger partial charge in [0.25, 0.3) is 7.82 Å². The van der Waals surface area contributed by atoms with Crippen molar-refractivity contribution in [2.45, 2.75) is 6.92 Å². The molecule has 18 heavy (non-hydrogen) atoms. The predicted octanol–water partition coefficient (Wildman–Crippen LogP) is 1.00. The van der Waals surface area contributed by atoms with Gasteiger partial charge in [-0.1, -0.05) is 0 Å². The summed E-state index contributed by atoms with van der Waals surface area (Å²) < 4.78 is 26.2. The first-order chi connectivity index (χ1) is 8.12. The Labute approximate surface area is 114 Å². The molecule has 0 amide bonds. The Morgan fingerprint density at radius 1 is 1.28 bits per heavy atom. The maximum atomic E-state index is 11.3. The minimum absolute atomic E-state index is 0.0806. The monoisotopic (exact) mass is 299 g/mol. The summed E-state index contributed by atoms with van der Waals surface area (Å²) in [6, 6.07) is 0. The first kappa shape index (κ1) is 18.0.